The molecule has 0 atom stereocenters. The van der Waals surface area contributed by atoms with Crippen molar-refractivity contribution in [2.45, 2.75) is 13.5 Å². The van der Waals surface area contributed by atoms with Crippen LogP contribution in [0.25, 0.3) is 0 Å². The number of nitrogens with zero attached hydrogens (tertiary/aromatic N) is 2. The third-order valence-corrected chi connectivity index (χ3v) is 3.52. The number of carbonyl (C=O) groups excluding carboxylic acids is 2. The molecule has 0 N–H and O–H groups in total. The molecule has 0 radical (unpaired) electrons. The van der Waals surface area contributed by atoms with E-state index in [1.165, 1.54) is 13.2 Å². The van der Waals surface area contributed by atoms with Gasteiger partial charge in [-0.3, -0.25) is 4.79 Å². The molecule has 1 aliphatic heterocycles. The topological polar surface area (TPSA) is 49.9 Å². The number of esters is 1. The number of hydrogen-bond donors (Lipinski definition) is 0. The SMILES string of the molecule is COC(=O)/C=C1\C(=O)C(C)=C(N(C)C)N1Cc1ccccc1. The first-order chi connectivity index (χ1) is 10.5. The van der Waals surface area contributed by atoms with Gasteiger partial charge in [0.1, 0.15) is 5.82 Å². The molecule has 0 amide bonds. The lowest BCUT2D eigenvalue weighted by atomic mass is 10.2. The van der Waals surface area contributed by atoms with Gasteiger partial charge in [0.05, 0.1) is 18.9 Å². The van der Waals surface area contributed by atoms with Gasteiger partial charge in [-0.1, -0.05) is 30.3 Å². The van der Waals surface area contributed by atoms with Crippen molar-refractivity contribution in [2.24, 2.45) is 0 Å². The largest absolute Gasteiger partial charge is 0.466 e. The summed E-state index contributed by atoms with van der Waals surface area (Å²) in [4.78, 5) is 27.8. The Morgan fingerprint density at radius 3 is 2.45 bits per heavy atom. The molecule has 1 heterocycles. The van der Waals surface area contributed by atoms with Crippen molar-refractivity contribution < 1.29 is 14.3 Å². The molecular weight excluding hydrogens is 280 g/mol. The van der Waals surface area contributed by atoms with Gasteiger partial charge in [-0.05, 0) is 12.5 Å². The Balaban J connectivity index is 2.44. The fourth-order valence-corrected chi connectivity index (χ4v) is 2.55. The number of ketones is 1. The molecule has 0 aromatic heterocycles. The van der Waals surface area contributed by atoms with Crippen LogP contribution in [0.4, 0.5) is 0 Å². The number of Topliss-reactive ketones (excluding diaryl/α,β-unsaturated/α-hetero) is 1. The van der Waals surface area contributed by atoms with Crippen LogP contribution < -0.4 is 0 Å². The minimum absolute atomic E-state index is 0.148. The molecular formula is C17H20N2O3. The smallest absolute Gasteiger partial charge is 0.332 e. The molecule has 2 rings (SSSR count). The minimum Gasteiger partial charge on any atom is -0.466 e. The Hall–Kier alpha value is -2.56. The zero-order valence-electron chi connectivity index (χ0n) is 13.3. The molecule has 0 saturated carbocycles. The van der Waals surface area contributed by atoms with Crippen LogP contribution in [-0.2, 0) is 20.9 Å². The van der Waals surface area contributed by atoms with Crippen molar-refractivity contribution in [1.82, 2.24) is 9.80 Å². The van der Waals surface area contributed by atoms with E-state index in [1.54, 1.807) is 6.92 Å². The van der Waals surface area contributed by atoms with Gasteiger partial charge in [0, 0.05) is 26.2 Å². The molecule has 0 fully saturated rings. The molecule has 0 saturated heterocycles. The molecule has 0 spiro atoms. The summed E-state index contributed by atoms with van der Waals surface area (Å²) in [5.41, 5.74) is 2.02. The van der Waals surface area contributed by atoms with Crippen molar-refractivity contribution in [3.05, 3.63) is 59.1 Å². The first kappa shape index (κ1) is 15.8. The molecule has 5 heteroatoms. The van der Waals surface area contributed by atoms with Crippen molar-refractivity contribution in [3.8, 4) is 0 Å². The molecule has 116 valence electrons. The third kappa shape index (κ3) is 3.03. The molecule has 0 bridgehead atoms. The maximum atomic E-state index is 12.5. The van der Waals surface area contributed by atoms with E-state index in [-0.39, 0.29) is 5.78 Å². The van der Waals surface area contributed by atoms with Crippen molar-refractivity contribution >= 4 is 11.8 Å². The normalized spacial score (nSPS) is 16.5. The summed E-state index contributed by atoms with van der Waals surface area (Å²) in [6, 6.07) is 9.81. The number of carbonyl (C=O) groups is 2. The molecule has 22 heavy (non-hydrogen) atoms. The Bertz CT molecular complexity index is 645. The predicted molar refractivity (Wildman–Crippen MR) is 83.5 cm³/mol. The summed E-state index contributed by atoms with van der Waals surface area (Å²) < 4.78 is 4.66. The second-order valence-corrected chi connectivity index (χ2v) is 5.30. The summed E-state index contributed by atoms with van der Waals surface area (Å²) in [6.07, 6.45) is 1.26. The second kappa shape index (κ2) is 6.47. The second-order valence-electron chi connectivity index (χ2n) is 5.30. The van der Waals surface area contributed by atoms with E-state index in [0.29, 0.717) is 17.8 Å². The molecule has 1 aromatic carbocycles. The highest BCUT2D eigenvalue weighted by Crippen LogP contribution is 2.31. The average molecular weight is 300 g/mol. The van der Waals surface area contributed by atoms with Crippen LogP contribution in [0.1, 0.15) is 12.5 Å². The zero-order chi connectivity index (χ0) is 16.3. The quantitative estimate of drug-likeness (QED) is 0.628. The van der Waals surface area contributed by atoms with Gasteiger partial charge in [0.15, 0.2) is 0 Å². The average Bonchev–Trinajstić information content (AvgIpc) is 2.73. The lowest BCUT2D eigenvalue weighted by Crippen LogP contribution is -2.28. The van der Waals surface area contributed by atoms with Crippen LogP contribution in [0.3, 0.4) is 0 Å². The molecule has 5 nitrogen and oxygen atoms in total. The number of allylic oxidation sites excluding steroid dienone is 1. The maximum absolute atomic E-state index is 12.5. The van der Waals surface area contributed by atoms with Crippen LogP contribution >= 0.6 is 0 Å². The fraction of sp³-hybridized carbons (Fsp3) is 0.294. The monoisotopic (exact) mass is 300 g/mol. The molecule has 1 aliphatic rings. The third-order valence-electron chi connectivity index (χ3n) is 3.52. The summed E-state index contributed by atoms with van der Waals surface area (Å²) in [6.45, 7) is 2.29. The standard InChI is InChI=1S/C17H20N2O3/c1-12-16(21)14(10-15(20)22-4)19(17(12)18(2)3)11-13-8-6-5-7-9-13/h5-10H,11H2,1-4H3/b14-10+. The Morgan fingerprint density at radius 2 is 1.91 bits per heavy atom. The summed E-state index contributed by atoms with van der Waals surface area (Å²) in [5, 5.41) is 0. The van der Waals surface area contributed by atoms with E-state index in [4.69, 9.17) is 0 Å². The van der Waals surface area contributed by atoms with E-state index < -0.39 is 5.97 Å². The van der Waals surface area contributed by atoms with Crippen LogP contribution in [0.2, 0.25) is 0 Å². The lowest BCUT2D eigenvalue weighted by Gasteiger charge is -2.28. The van der Waals surface area contributed by atoms with Gasteiger partial charge in [0.25, 0.3) is 0 Å². The summed E-state index contributed by atoms with van der Waals surface area (Å²) in [7, 11) is 5.06. The predicted octanol–water partition coefficient (Wildman–Crippen LogP) is 1.92. The Labute approximate surface area is 130 Å². The van der Waals surface area contributed by atoms with Gasteiger partial charge in [-0.2, -0.15) is 0 Å². The van der Waals surface area contributed by atoms with Crippen LogP contribution in [-0.4, -0.2) is 42.8 Å². The van der Waals surface area contributed by atoms with Gasteiger partial charge in [-0.25, -0.2) is 4.79 Å². The van der Waals surface area contributed by atoms with Crippen LogP contribution in [0.5, 0.6) is 0 Å². The summed E-state index contributed by atoms with van der Waals surface area (Å²) in [5.74, 6) is 0.114. The number of rotatable bonds is 4. The van der Waals surface area contributed by atoms with Gasteiger partial charge >= 0.3 is 5.97 Å². The fourth-order valence-electron chi connectivity index (χ4n) is 2.55. The zero-order valence-corrected chi connectivity index (χ0v) is 13.3. The summed E-state index contributed by atoms with van der Waals surface area (Å²) >= 11 is 0. The lowest BCUT2D eigenvalue weighted by molar-refractivity contribution is -0.135. The maximum Gasteiger partial charge on any atom is 0.332 e. The highest BCUT2D eigenvalue weighted by molar-refractivity contribution is 6.12. The molecule has 0 unspecified atom stereocenters. The first-order valence-electron chi connectivity index (χ1n) is 6.99. The van der Waals surface area contributed by atoms with E-state index in [1.807, 2.05) is 54.2 Å². The van der Waals surface area contributed by atoms with E-state index >= 15 is 0 Å². The minimum atomic E-state index is -0.533. The molecule has 1 aromatic rings. The van der Waals surface area contributed by atoms with Crippen molar-refractivity contribution in [3.63, 3.8) is 0 Å². The van der Waals surface area contributed by atoms with Gasteiger partial charge in [-0.15, -0.1) is 0 Å². The number of ether oxygens (including phenoxy) is 1. The van der Waals surface area contributed by atoms with E-state index in [0.717, 1.165) is 11.4 Å². The van der Waals surface area contributed by atoms with Gasteiger partial charge < -0.3 is 14.5 Å². The van der Waals surface area contributed by atoms with Crippen LogP contribution in [0, 0.1) is 0 Å². The van der Waals surface area contributed by atoms with Crippen LogP contribution in [0.15, 0.2) is 53.5 Å². The Morgan fingerprint density at radius 1 is 1.27 bits per heavy atom. The number of benzene rings is 1. The molecule has 0 aliphatic carbocycles. The number of methoxy groups -OCH3 is 1. The van der Waals surface area contributed by atoms with E-state index in [2.05, 4.69) is 4.74 Å². The first-order valence-corrected chi connectivity index (χ1v) is 6.99. The van der Waals surface area contributed by atoms with E-state index in [9.17, 15) is 9.59 Å². The highest BCUT2D eigenvalue weighted by Gasteiger charge is 2.34. The van der Waals surface area contributed by atoms with Crippen molar-refractivity contribution in [2.75, 3.05) is 21.2 Å². The highest BCUT2D eigenvalue weighted by atomic mass is 16.5. The van der Waals surface area contributed by atoms with Gasteiger partial charge in [0.2, 0.25) is 5.78 Å². The van der Waals surface area contributed by atoms with Crippen molar-refractivity contribution in [1.29, 1.82) is 0 Å². The number of hydrogen-bond acceptors (Lipinski definition) is 5. The Kier molecular flexibility index (Phi) is 4.65.